The zero-order valence-corrected chi connectivity index (χ0v) is 18.1. The topological polar surface area (TPSA) is 71.6 Å². The van der Waals surface area contributed by atoms with Crippen molar-refractivity contribution in [3.63, 3.8) is 0 Å². The van der Waals surface area contributed by atoms with Gasteiger partial charge in [-0.3, -0.25) is 4.90 Å². The lowest BCUT2D eigenvalue weighted by molar-refractivity contribution is 0.0214. The summed E-state index contributed by atoms with van der Waals surface area (Å²) in [5.41, 5.74) is 3.47. The molecular formula is C24H28N2O4. The Bertz CT molecular complexity index is 1050. The molecule has 158 valence electrons. The van der Waals surface area contributed by atoms with Crippen molar-refractivity contribution in [3.05, 3.63) is 70.9 Å². The number of nitrogens with zero attached hydrogens (tertiary/aromatic N) is 1. The van der Waals surface area contributed by atoms with Crippen LogP contribution in [0.1, 0.15) is 48.0 Å². The number of esters is 1. The number of carbonyl (C=O) groups excluding carboxylic acids is 2. The number of H-pyrrole nitrogens is 1. The number of hydrogen-bond donors (Lipinski definition) is 1. The molecule has 0 fully saturated rings. The van der Waals surface area contributed by atoms with Gasteiger partial charge in [0.2, 0.25) is 0 Å². The minimum Gasteiger partial charge on any atom is -0.465 e. The molecule has 0 atom stereocenters. The molecule has 0 unspecified atom stereocenters. The van der Waals surface area contributed by atoms with Gasteiger partial charge < -0.3 is 14.5 Å². The van der Waals surface area contributed by atoms with Gasteiger partial charge >= 0.3 is 12.1 Å². The van der Waals surface area contributed by atoms with Gasteiger partial charge in [0.15, 0.2) is 0 Å². The minimum atomic E-state index is -0.584. The van der Waals surface area contributed by atoms with Crippen LogP contribution in [0.3, 0.4) is 0 Å². The van der Waals surface area contributed by atoms with E-state index in [0.717, 1.165) is 27.7 Å². The first kappa shape index (κ1) is 21.4. The molecule has 6 heteroatoms. The number of aromatic nitrogens is 1. The Balaban J connectivity index is 1.90. The molecule has 0 radical (unpaired) electrons. The van der Waals surface area contributed by atoms with E-state index < -0.39 is 5.60 Å². The number of carbonyl (C=O) groups is 2. The number of nitrogens with one attached hydrogen (secondary N) is 1. The predicted molar refractivity (Wildman–Crippen MR) is 116 cm³/mol. The third kappa shape index (κ3) is 5.20. The van der Waals surface area contributed by atoms with E-state index in [4.69, 9.17) is 9.47 Å². The van der Waals surface area contributed by atoms with Crippen LogP contribution >= 0.6 is 0 Å². The minimum absolute atomic E-state index is 0.352. The summed E-state index contributed by atoms with van der Waals surface area (Å²) in [7, 11) is 1.37. The van der Waals surface area contributed by atoms with Crippen molar-refractivity contribution in [2.45, 2.75) is 46.4 Å². The number of methoxy groups -OCH3 is 1. The van der Waals surface area contributed by atoms with Crippen LogP contribution in [-0.4, -0.2) is 34.7 Å². The van der Waals surface area contributed by atoms with Crippen LogP contribution in [0.5, 0.6) is 0 Å². The van der Waals surface area contributed by atoms with Crippen molar-refractivity contribution >= 4 is 23.0 Å². The lowest BCUT2D eigenvalue weighted by atomic mass is 10.1. The quantitative estimate of drug-likeness (QED) is 0.589. The van der Waals surface area contributed by atoms with Crippen molar-refractivity contribution in [2.24, 2.45) is 0 Å². The number of hydrogen-bond acceptors (Lipinski definition) is 4. The molecule has 30 heavy (non-hydrogen) atoms. The number of amides is 1. The summed E-state index contributed by atoms with van der Waals surface area (Å²) in [5.74, 6) is -0.370. The molecule has 0 spiro atoms. The maximum Gasteiger partial charge on any atom is 0.410 e. The highest BCUT2D eigenvalue weighted by Crippen LogP contribution is 2.23. The number of ether oxygens (including phenoxy) is 2. The number of aryl methyl sites for hydroxylation is 1. The van der Waals surface area contributed by atoms with E-state index in [-0.39, 0.29) is 12.1 Å². The van der Waals surface area contributed by atoms with Gasteiger partial charge in [0, 0.05) is 23.1 Å². The first-order valence-corrected chi connectivity index (χ1v) is 9.88. The molecule has 0 saturated carbocycles. The van der Waals surface area contributed by atoms with E-state index in [2.05, 4.69) is 4.98 Å². The van der Waals surface area contributed by atoms with Crippen LogP contribution in [0.15, 0.2) is 48.5 Å². The fourth-order valence-corrected chi connectivity index (χ4v) is 3.29. The normalized spacial score (nSPS) is 11.4. The molecule has 1 N–H and O–H groups in total. The molecule has 6 nitrogen and oxygen atoms in total. The van der Waals surface area contributed by atoms with E-state index in [9.17, 15) is 9.59 Å². The molecule has 2 aromatic carbocycles. The maximum atomic E-state index is 12.8. The highest BCUT2D eigenvalue weighted by Gasteiger charge is 2.23. The van der Waals surface area contributed by atoms with Crippen LogP contribution in [0, 0.1) is 6.92 Å². The Kier molecular flexibility index (Phi) is 6.15. The number of fused-ring (bicyclic) bond motifs is 1. The van der Waals surface area contributed by atoms with Gasteiger partial charge in [-0.15, -0.1) is 0 Å². The van der Waals surface area contributed by atoms with Gasteiger partial charge in [0.1, 0.15) is 5.60 Å². The van der Waals surface area contributed by atoms with Gasteiger partial charge in [0.25, 0.3) is 0 Å². The lowest BCUT2D eigenvalue weighted by Crippen LogP contribution is -2.36. The zero-order valence-electron chi connectivity index (χ0n) is 18.1. The van der Waals surface area contributed by atoms with Crippen molar-refractivity contribution < 1.29 is 19.1 Å². The summed E-state index contributed by atoms with van der Waals surface area (Å²) in [6, 6.07) is 15.5. The Labute approximate surface area is 176 Å². The first-order chi connectivity index (χ1) is 14.2. The van der Waals surface area contributed by atoms with Crippen LogP contribution in [0.25, 0.3) is 10.9 Å². The fraction of sp³-hybridized carbons (Fsp3) is 0.333. The van der Waals surface area contributed by atoms with Gasteiger partial charge in [0.05, 0.1) is 19.2 Å². The average molecular weight is 408 g/mol. The molecule has 0 aliphatic heterocycles. The SMILES string of the molecule is COC(=O)c1cc2[nH]c(CN(Cc3ccccc3)C(=O)OC(C)(C)C)cc2cc1C. The van der Waals surface area contributed by atoms with Gasteiger partial charge in [-0.25, -0.2) is 9.59 Å². The number of benzene rings is 2. The van der Waals surface area contributed by atoms with E-state index in [0.29, 0.717) is 18.7 Å². The molecule has 1 amide bonds. The monoisotopic (exact) mass is 408 g/mol. The first-order valence-electron chi connectivity index (χ1n) is 9.88. The lowest BCUT2D eigenvalue weighted by Gasteiger charge is -2.27. The van der Waals surface area contributed by atoms with E-state index >= 15 is 0 Å². The Morgan fingerprint density at radius 2 is 1.73 bits per heavy atom. The van der Waals surface area contributed by atoms with Gasteiger partial charge in [-0.05, 0) is 57.0 Å². The molecule has 3 aromatic rings. The van der Waals surface area contributed by atoms with Crippen molar-refractivity contribution in [3.8, 4) is 0 Å². The second-order valence-electron chi connectivity index (χ2n) is 8.36. The Morgan fingerprint density at radius 3 is 2.37 bits per heavy atom. The average Bonchev–Trinajstić information content (AvgIpc) is 3.06. The second-order valence-corrected chi connectivity index (χ2v) is 8.36. The molecule has 1 aromatic heterocycles. The van der Waals surface area contributed by atoms with Crippen LogP contribution in [-0.2, 0) is 22.6 Å². The molecule has 0 bridgehead atoms. The summed E-state index contributed by atoms with van der Waals surface area (Å²) in [4.78, 5) is 29.8. The molecular weight excluding hydrogens is 380 g/mol. The van der Waals surface area contributed by atoms with E-state index in [1.807, 2.05) is 70.2 Å². The standard InChI is InChI=1S/C24H28N2O4/c1-16-11-18-12-19(25-21(18)13-20(16)22(27)29-5)15-26(23(28)30-24(2,3)4)14-17-9-7-6-8-10-17/h6-13,25H,14-15H2,1-5H3. The third-order valence-electron chi connectivity index (χ3n) is 4.66. The molecule has 1 heterocycles. The van der Waals surface area contributed by atoms with Gasteiger partial charge in [-0.2, -0.15) is 0 Å². The molecule has 0 saturated heterocycles. The summed E-state index contributed by atoms with van der Waals surface area (Å²) in [6.45, 7) is 8.21. The molecule has 0 aliphatic rings. The summed E-state index contributed by atoms with van der Waals surface area (Å²) >= 11 is 0. The second kappa shape index (κ2) is 8.61. The zero-order chi connectivity index (χ0) is 21.9. The summed E-state index contributed by atoms with van der Waals surface area (Å²) < 4.78 is 10.5. The molecule has 0 aliphatic carbocycles. The largest absolute Gasteiger partial charge is 0.465 e. The highest BCUT2D eigenvalue weighted by molar-refractivity contribution is 5.96. The number of aromatic amines is 1. The third-order valence-corrected chi connectivity index (χ3v) is 4.66. The van der Waals surface area contributed by atoms with Crippen LogP contribution < -0.4 is 0 Å². The molecule has 3 rings (SSSR count). The highest BCUT2D eigenvalue weighted by atomic mass is 16.6. The van der Waals surface area contributed by atoms with E-state index in [1.54, 1.807) is 11.0 Å². The summed E-state index contributed by atoms with van der Waals surface area (Å²) in [6.07, 6.45) is -0.378. The Morgan fingerprint density at radius 1 is 1.03 bits per heavy atom. The van der Waals surface area contributed by atoms with E-state index in [1.165, 1.54) is 7.11 Å². The van der Waals surface area contributed by atoms with Crippen molar-refractivity contribution in [1.82, 2.24) is 9.88 Å². The van der Waals surface area contributed by atoms with Crippen molar-refractivity contribution in [2.75, 3.05) is 7.11 Å². The smallest absolute Gasteiger partial charge is 0.410 e. The van der Waals surface area contributed by atoms with Gasteiger partial charge in [-0.1, -0.05) is 30.3 Å². The summed E-state index contributed by atoms with van der Waals surface area (Å²) in [5, 5.41) is 0.971. The maximum absolute atomic E-state index is 12.8. The van der Waals surface area contributed by atoms with Crippen molar-refractivity contribution in [1.29, 1.82) is 0 Å². The predicted octanol–water partition coefficient (Wildman–Crippen LogP) is 5.20. The van der Waals surface area contributed by atoms with Crippen LogP contribution in [0.2, 0.25) is 0 Å². The Hall–Kier alpha value is -3.28. The number of rotatable bonds is 5. The van der Waals surface area contributed by atoms with Crippen LogP contribution in [0.4, 0.5) is 4.79 Å². The fourth-order valence-electron chi connectivity index (χ4n) is 3.29.